The minimum absolute atomic E-state index is 0.0281. The molecular formula is C29H53N3O5. The number of ketones is 1. The minimum atomic E-state index is -0.155. The van der Waals surface area contributed by atoms with Crippen molar-refractivity contribution in [1.82, 2.24) is 5.32 Å². The summed E-state index contributed by atoms with van der Waals surface area (Å²) in [5.74, 6) is 0.187. The van der Waals surface area contributed by atoms with Gasteiger partial charge in [-0.15, -0.1) is 0 Å². The Morgan fingerprint density at radius 1 is 0.757 bits per heavy atom. The summed E-state index contributed by atoms with van der Waals surface area (Å²) < 4.78 is 15.6. The number of carbonyl (C=O) groups excluding carboxylic acids is 2. The standard InChI is InChI=1S/C29H53N3O5/c1-35-23-21-30-29(34)26-37-25-24-36-22-15-18-28(33)17-14-12-10-8-6-4-2-3-5-7-9-11-13-16-27-19-20-31-32-27/h20H,2-19,21-26H2,1H3,(H,30,34). The monoisotopic (exact) mass is 523 g/mol. The molecule has 0 aliphatic carbocycles. The van der Waals surface area contributed by atoms with Crippen molar-refractivity contribution in [2.24, 2.45) is 10.2 Å². The van der Waals surface area contributed by atoms with Gasteiger partial charge in [0.2, 0.25) is 5.91 Å². The molecule has 1 heterocycles. The van der Waals surface area contributed by atoms with Crippen molar-refractivity contribution in [2.45, 2.75) is 116 Å². The van der Waals surface area contributed by atoms with Gasteiger partial charge >= 0.3 is 0 Å². The maximum absolute atomic E-state index is 12.0. The summed E-state index contributed by atoms with van der Waals surface area (Å²) in [5.41, 5.74) is 1.26. The van der Waals surface area contributed by atoms with Crippen LogP contribution in [0.5, 0.6) is 0 Å². The van der Waals surface area contributed by atoms with Crippen LogP contribution in [-0.2, 0) is 23.8 Å². The number of hydrogen-bond acceptors (Lipinski definition) is 7. The first kappa shape index (κ1) is 33.4. The van der Waals surface area contributed by atoms with Crippen LogP contribution in [-0.4, -0.2) is 70.3 Å². The maximum atomic E-state index is 12.0. The average molecular weight is 524 g/mol. The fraction of sp³-hybridized carbons (Fsp3) is 0.862. The van der Waals surface area contributed by atoms with E-state index in [1.54, 1.807) is 7.11 Å². The fourth-order valence-electron chi connectivity index (χ4n) is 4.28. The summed E-state index contributed by atoms with van der Waals surface area (Å²) in [5, 5.41) is 10.7. The SMILES string of the molecule is COCCNC(=O)COCCOCCCC(=O)CCCCCCCCCCCCCCCC1=NN=CC1. The molecule has 0 radical (unpaired) electrons. The van der Waals surface area contributed by atoms with Crippen LogP contribution in [0.25, 0.3) is 0 Å². The molecule has 1 amide bonds. The van der Waals surface area contributed by atoms with Gasteiger partial charge in [0, 0.05) is 51.5 Å². The Hall–Kier alpha value is -1.64. The molecule has 0 aromatic heterocycles. The highest BCUT2D eigenvalue weighted by molar-refractivity contribution is 5.98. The molecule has 1 aliphatic rings. The van der Waals surface area contributed by atoms with Crippen LogP contribution < -0.4 is 5.32 Å². The van der Waals surface area contributed by atoms with E-state index in [0.29, 0.717) is 51.6 Å². The zero-order chi connectivity index (χ0) is 26.7. The van der Waals surface area contributed by atoms with Crippen LogP contribution in [0.1, 0.15) is 116 Å². The molecule has 0 saturated heterocycles. The third-order valence-corrected chi connectivity index (χ3v) is 6.51. The Labute approximate surface area is 225 Å². The molecule has 37 heavy (non-hydrogen) atoms. The molecule has 0 aromatic carbocycles. The van der Waals surface area contributed by atoms with Gasteiger partial charge in [-0.2, -0.15) is 10.2 Å². The molecule has 8 nitrogen and oxygen atoms in total. The van der Waals surface area contributed by atoms with Crippen molar-refractivity contribution < 1.29 is 23.8 Å². The molecule has 0 atom stereocenters. The van der Waals surface area contributed by atoms with E-state index in [4.69, 9.17) is 14.2 Å². The Morgan fingerprint density at radius 2 is 1.35 bits per heavy atom. The van der Waals surface area contributed by atoms with Gasteiger partial charge in [-0.05, 0) is 25.7 Å². The topological polar surface area (TPSA) is 98.6 Å². The zero-order valence-electron chi connectivity index (χ0n) is 23.5. The summed E-state index contributed by atoms with van der Waals surface area (Å²) in [6.07, 6.45) is 22.9. The lowest BCUT2D eigenvalue weighted by atomic mass is 10.0. The highest BCUT2D eigenvalue weighted by Gasteiger charge is 2.04. The predicted molar refractivity (Wildman–Crippen MR) is 151 cm³/mol. The van der Waals surface area contributed by atoms with Gasteiger partial charge in [-0.3, -0.25) is 9.59 Å². The molecule has 0 saturated carbocycles. The predicted octanol–water partition coefficient (Wildman–Crippen LogP) is 5.81. The summed E-state index contributed by atoms with van der Waals surface area (Å²) in [4.78, 5) is 23.4. The number of unbranched alkanes of at least 4 members (excludes halogenated alkanes) is 12. The van der Waals surface area contributed by atoms with E-state index in [-0.39, 0.29) is 12.5 Å². The molecule has 0 bridgehead atoms. The summed E-state index contributed by atoms with van der Waals surface area (Å²) in [7, 11) is 1.59. The molecule has 0 fully saturated rings. The number of methoxy groups -OCH3 is 1. The van der Waals surface area contributed by atoms with E-state index in [1.807, 2.05) is 6.21 Å². The molecule has 214 valence electrons. The van der Waals surface area contributed by atoms with Crippen LogP contribution in [0.4, 0.5) is 0 Å². The fourth-order valence-corrected chi connectivity index (χ4v) is 4.28. The highest BCUT2D eigenvalue weighted by Crippen LogP contribution is 2.14. The first-order valence-corrected chi connectivity index (χ1v) is 14.7. The van der Waals surface area contributed by atoms with E-state index in [9.17, 15) is 9.59 Å². The van der Waals surface area contributed by atoms with Crippen molar-refractivity contribution in [2.75, 3.05) is 46.7 Å². The van der Waals surface area contributed by atoms with E-state index in [0.717, 1.165) is 32.1 Å². The molecule has 0 unspecified atom stereocenters. The Balaban J connectivity index is 1.70. The van der Waals surface area contributed by atoms with Gasteiger partial charge in [0.15, 0.2) is 0 Å². The minimum Gasteiger partial charge on any atom is -0.383 e. The number of nitrogens with one attached hydrogen (secondary N) is 1. The zero-order valence-corrected chi connectivity index (χ0v) is 23.5. The lowest BCUT2D eigenvalue weighted by molar-refractivity contribution is -0.126. The number of hydrogen-bond donors (Lipinski definition) is 1. The second kappa shape index (κ2) is 26.0. The van der Waals surface area contributed by atoms with Crippen molar-refractivity contribution in [1.29, 1.82) is 0 Å². The lowest BCUT2D eigenvalue weighted by Gasteiger charge is -2.07. The number of nitrogens with zero attached hydrogens (tertiary/aromatic N) is 2. The summed E-state index contributed by atoms with van der Waals surface area (Å²) >= 11 is 0. The van der Waals surface area contributed by atoms with E-state index >= 15 is 0 Å². The smallest absolute Gasteiger partial charge is 0.246 e. The normalized spacial score (nSPS) is 12.7. The molecule has 8 heteroatoms. The van der Waals surface area contributed by atoms with Gasteiger partial charge in [0.05, 0.1) is 19.8 Å². The van der Waals surface area contributed by atoms with Crippen molar-refractivity contribution in [3.8, 4) is 0 Å². The van der Waals surface area contributed by atoms with Gasteiger partial charge in [-0.1, -0.05) is 70.6 Å². The van der Waals surface area contributed by atoms with E-state index in [1.165, 1.54) is 76.3 Å². The number of ether oxygens (including phenoxy) is 3. The summed E-state index contributed by atoms with van der Waals surface area (Å²) in [6.45, 7) is 2.37. The van der Waals surface area contributed by atoms with Gasteiger partial charge < -0.3 is 19.5 Å². The maximum Gasteiger partial charge on any atom is 0.246 e. The molecule has 1 aliphatic heterocycles. The Morgan fingerprint density at radius 3 is 1.97 bits per heavy atom. The molecular weight excluding hydrogens is 470 g/mol. The lowest BCUT2D eigenvalue weighted by Crippen LogP contribution is -2.30. The van der Waals surface area contributed by atoms with Gasteiger partial charge in [0.25, 0.3) is 0 Å². The van der Waals surface area contributed by atoms with Gasteiger partial charge in [-0.25, -0.2) is 0 Å². The first-order valence-electron chi connectivity index (χ1n) is 14.7. The van der Waals surface area contributed by atoms with E-state index < -0.39 is 0 Å². The van der Waals surface area contributed by atoms with Crippen LogP contribution in [0.15, 0.2) is 10.2 Å². The van der Waals surface area contributed by atoms with E-state index in [2.05, 4.69) is 15.5 Å². The van der Waals surface area contributed by atoms with Crippen LogP contribution in [0.3, 0.4) is 0 Å². The molecule has 1 N–H and O–H groups in total. The quantitative estimate of drug-likeness (QED) is 0.130. The molecule has 1 rings (SSSR count). The molecule has 0 spiro atoms. The first-order chi connectivity index (χ1) is 18.2. The largest absolute Gasteiger partial charge is 0.383 e. The molecule has 0 aromatic rings. The summed E-state index contributed by atoms with van der Waals surface area (Å²) in [6, 6.07) is 0. The number of Topliss-reactive ketones (excluding diaryl/α,β-unsaturated/α-hetero) is 1. The van der Waals surface area contributed by atoms with Crippen molar-refractivity contribution in [3.05, 3.63) is 0 Å². The van der Waals surface area contributed by atoms with Crippen molar-refractivity contribution in [3.63, 3.8) is 0 Å². The number of rotatable bonds is 28. The average Bonchev–Trinajstić information content (AvgIpc) is 3.41. The number of carbonyl (C=O) groups is 2. The van der Waals surface area contributed by atoms with Crippen LogP contribution in [0.2, 0.25) is 0 Å². The number of amides is 1. The highest BCUT2D eigenvalue weighted by atomic mass is 16.5. The van der Waals surface area contributed by atoms with Gasteiger partial charge in [0.1, 0.15) is 12.4 Å². The Kier molecular flexibility index (Phi) is 23.4. The second-order valence-electron chi connectivity index (χ2n) is 9.91. The third-order valence-electron chi connectivity index (χ3n) is 6.51. The Bertz CT molecular complexity index is 625. The second-order valence-corrected chi connectivity index (χ2v) is 9.91. The third kappa shape index (κ3) is 23.2. The van der Waals surface area contributed by atoms with Crippen molar-refractivity contribution >= 4 is 23.6 Å². The van der Waals surface area contributed by atoms with Crippen LogP contribution >= 0.6 is 0 Å². The van der Waals surface area contributed by atoms with Crippen LogP contribution in [0, 0.1) is 0 Å².